The van der Waals surface area contributed by atoms with Gasteiger partial charge in [0, 0.05) is 11.9 Å². The summed E-state index contributed by atoms with van der Waals surface area (Å²) in [4.78, 5) is 12.1. The van der Waals surface area contributed by atoms with E-state index in [1.807, 2.05) is 6.92 Å². The Morgan fingerprint density at radius 2 is 1.85 bits per heavy atom. The van der Waals surface area contributed by atoms with Crippen molar-refractivity contribution in [2.45, 2.75) is 39.4 Å². The van der Waals surface area contributed by atoms with Crippen LogP contribution < -0.4 is 10.2 Å². The standard InChI is InChI=1S/C20H23F3N2O2/c1-4-11-27-16-10-9-15(13-7-5-6-8-14(13)16)17(20(21,22)23)25-12-19(2,3)18(26)24-25/h5-10,17H,4,11-12H2,1-3H3,(H,24,26). The fraction of sp³-hybridized carbons (Fsp3) is 0.450. The van der Waals surface area contributed by atoms with Crippen LogP contribution in [0.15, 0.2) is 36.4 Å². The number of carbonyl (C=O) groups excluding carboxylic acids is 1. The normalized spacial score (nSPS) is 18.5. The first-order valence-electron chi connectivity index (χ1n) is 8.94. The summed E-state index contributed by atoms with van der Waals surface area (Å²) in [7, 11) is 0. The molecule has 27 heavy (non-hydrogen) atoms. The largest absolute Gasteiger partial charge is 0.493 e. The van der Waals surface area contributed by atoms with Gasteiger partial charge in [0.2, 0.25) is 5.91 Å². The fourth-order valence-corrected chi connectivity index (χ4v) is 3.37. The van der Waals surface area contributed by atoms with Gasteiger partial charge in [0.15, 0.2) is 6.04 Å². The lowest BCUT2D eigenvalue weighted by Crippen LogP contribution is -2.43. The maximum absolute atomic E-state index is 14.0. The predicted molar refractivity (Wildman–Crippen MR) is 97.2 cm³/mol. The molecule has 1 aliphatic rings. The Kier molecular flexibility index (Phi) is 5.08. The van der Waals surface area contributed by atoms with Crippen LogP contribution in [0.4, 0.5) is 13.2 Å². The second-order valence-corrected chi connectivity index (χ2v) is 7.44. The molecule has 1 atom stereocenters. The summed E-state index contributed by atoms with van der Waals surface area (Å²) in [6.07, 6.45) is -3.75. The minimum atomic E-state index is -4.55. The van der Waals surface area contributed by atoms with Crippen molar-refractivity contribution in [3.05, 3.63) is 42.0 Å². The number of hydrogen-bond donors (Lipinski definition) is 1. The lowest BCUT2D eigenvalue weighted by molar-refractivity contribution is -0.191. The number of nitrogens with zero attached hydrogens (tertiary/aromatic N) is 1. The molecule has 1 saturated heterocycles. The number of fused-ring (bicyclic) bond motifs is 1. The van der Waals surface area contributed by atoms with Crippen molar-refractivity contribution in [2.24, 2.45) is 5.41 Å². The van der Waals surface area contributed by atoms with E-state index in [1.165, 1.54) is 6.07 Å². The van der Waals surface area contributed by atoms with Crippen molar-refractivity contribution in [2.75, 3.05) is 13.2 Å². The molecule has 1 amide bonds. The van der Waals surface area contributed by atoms with Gasteiger partial charge in [0.05, 0.1) is 12.0 Å². The molecule has 3 rings (SSSR count). The highest BCUT2D eigenvalue weighted by Gasteiger charge is 2.51. The Hall–Kier alpha value is -2.28. The van der Waals surface area contributed by atoms with E-state index >= 15 is 0 Å². The average Bonchev–Trinajstić information content (AvgIpc) is 2.85. The van der Waals surface area contributed by atoms with Gasteiger partial charge in [-0.15, -0.1) is 0 Å². The smallest absolute Gasteiger partial charge is 0.409 e. The maximum Gasteiger partial charge on any atom is 0.409 e. The third-order valence-corrected chi connectivity index (χ3v) is 4.72. The molecule has 0 radical (unpaired) electrons. The second kappa shape index (κ2) is 7.03. The Morgan fingerprint density at radius 1 is 1.19 bits per heavy atom. The zero-order chi connectivity index (χ0) is 19.8. The molecule has 1 aliphatic heterocycles. The first kappa shape index (κ1) is 19.5. The molecule has 146 valence electrons. The van der Waals surface area contributed by atoms with Gasteiger partial charge in [-0.2, -0.15) is 13.2 Å². The first-order valence-corrected chi connectivity index (χ1v) is 8.94. The van der Waals surface area contributed by atoms with Crippen molar-refractivity contribution in [1.82, 2.24) is 10.4 Å². The van der Waals surface area contributed by atoms with E-state index in [0.29, 0.717) is 23.1 Å². The van der Waals surface area contributed by atoms with Crippen LogP contribution in [0.1, 0.15) is 38.8 Å². The molecule has 4 nitrogen and oxygen atoms in total. The van der Waals surface area contributed by atoms with E-state index in [-0.39, 0.29) is 12.1 Å². The van der Waals surface area contributed by atoms with Gasteiger partial charge in [-0.3, -0.25) is 10.2 Å². The number of ether oxygens (including phenoxy) is 1. The fourth-order valence-electron chi connectivity index (χ4n) is 3.37. The van der Waals surface area contributed by atoms with E-state index in [9.17, 15) is 18.0 Å². The highest BCUT2D eigenvalue weighted by molar-refractivity contribution is 5.91. The Morgan fingerprint density at radius 3 is 2.41 bits per heavy atom. The number of amides is 1. The zero-order valence-electron chi connectivity index (χ0n) is 15.6. The van der Waals surface area contributed by atoms with Gasteiger partial charge in [0.25, 0.3) is 0 Å². The molecule has 7 heteroatoms. The molecule has 0 saturated carbocycles. The van der Waals surface area contributed by atoms with Gasteiger partial charge in [0.1, 0.15) is 5.75 Å². The molecule has 2 aromatic rings. The highest BCUT2D eigenvalue weighted by atomic mass is 19.4. The lowest BCUT2D eigenvalue weighted by Gasteiger charge is -2.31. The lowest BCUT2D eigenvalue weighted by atomic mass is 9.93. The molecule has 2 aromatic carbocycles. The van der Waals surface area contributed by atoms with Crippen LogP contribution >= 0.6 is 0 Å². The molecular formula is C20H23F3N2O2. The highest BCUT2D eigenvalue weighted by Crippen LogP contribution is 2.44. The molecule has 0 aromatic heterocycles. The summed E-state index contributed by atoms with van der Waals surface area (Å²) in [5.74, 6) is 0.145. The van der Waals surface area contributed by atoms with E-state index in [2.05, 4.69) is 5.43 Å². The van der Waals surface area contributed by atoms with Gasteiger partial charge < -0.3 is 4.74 Å². The quantitative estimate of drug-likeness (QED) is 0.824. The molecule has 1 heterocycles. The van der Waals surface area contributed by atoms with Crippen molar-refractivity contribution in [1.29, 1.82) is 0 Å². The first-order chi connectivity index (χ1) is 12.6. The van der Waals surface area contributed by atoms with Crippen molar-refractivity contribution >= 4 is 16.7 Å². The number of hydrazine groups is 1. The van der Waals surface area contributed by atoms with E-state index in [4.69, 9.17) is 4.74 Å². The molecule has 0 spiro atoms. The van der Waals surface area contributed by atoms with Gasteiger partial charge in [-0.1, -0.05) is 37.3 Å². The van der Waals surface area contributed by atoms with E-state index in [1.54, 1.807) is 44.2 Å². The number of nitrogens with one attached hydrogen (secondary N) is 1. The van der Waals surface area contributed by atoms with Crippen molar-refractivity contribution in [3.63, 3.8) is 0 Å². The summed E-state index contributed by atoms with van der Waals surface area (Å²) in [6, 6.07) is 7.98. The van der Waals surface area contributed by atoms with Crippen LogP contribution in [-0.4, -0.2) is 30.2 Å². The zero-order valence-corrected chi connectivity index (χ0v) is 15.6. The molecule has 0 bridgehead atoms. The molecular weight excluding hydrogens is 357 g/mol. The van der Waals surface area contributed by atoms with Crippen LogP contribution in [0.3, 0.4) is 0 Å². The monoisotopic (exact) mass is 380 g/mol. The topological polar surface area (TPSA) is 41.6 Å². The summed E-state index contributed by atoms with van der Waals surface area (Å²) in [5, 5.41) is 2.09. The number of carbonyl (C=O) groups is 1. The van der Waals surface area contributed by atoms with Gasteiger partial charge >= 0.3 is 6.18 Å². The number of rotatable bonds is 5. The van der Waals surface area contributed by atoms with Crippen LogP contribution in [-0.2, 0) is 4.79 Å². The van der Waals surface area contributed by atoms with Crippen LogP contribution in [0.5, 0.6) is 5.75 Å². The summed E-state index contributed by atoms with van der Waals surface area (Å²) >= 11 is 0. The predicted octanol–water partition coefficient (Wildman–Crippen LogP) is 4.61. The summed E-state index contributed by atoms with van der Waals surface area (Å²) < 4.78 is 47.8. The molecule has 0 aliphatic carbocycles. The maximum atomic E-state index is 14.0. The van der Waals surface area contributed by atoms with Crippen molar-refractivity contribution < 1.29 is 22.7 Å². The Labute approximate surface area is 156 Å². The summed E-state index contributed by atoms with van der Waals surface area (Å²) in [5.41, 5.74) is 1.62. The Balaban J connectivity index is 2.11. The average molecular weight is 380 g/mol. The van der Waals surface area contributed by atoms with Gasteiger partial charge in [-0.25, -0.2) is 5.01 Å². The third kappa shape index (κ3) is 3.74. The molecule has 1 unspecified atom stereocenters. The number of halogens is 3. The van der Waals surface area contributed by atoms with E-state index < -0.39 is 23.5 Å². The van der Waals surface area contributed by atoms with E-state index in [0.717, 1.165) is 11.4 Å². The number of benzene rings is 2. The Bertz CT molecular complexity index is 849. The van der Waals surface area contributed by atoms with Crippen LogP contribution in [0, 0.1) is 5.41 Å². The van der Waals surface area contributed by atoms with Crippen molar-refractivity contribution in [3.8, 4) is 5.75 Å². The molecule has 1 N–H and O–H groups in total. The minimum absolute atomic E-state index is 0.0293. The second-order valence-electron chi connectivity index (χ2n) is 7.44. The SMILES string of the molecule is CCCOc1ccc(C(N2CC(C)(C)C(=O)N2)C(F)(F)F)c2ccccc12. The van der Waals surface area contributed by atoms with Gasteiger partial charge in [-0.05, 0) is 37.3 Å². The molecule has 1 fully saturated rings. The third-order valence-electron chi connectivity index (χ3n) is 4.72. The number of alkyl halides is 3. The number of hydrogen-bond acceptors (Lipinski definition) is 3. The minimum Gasteiger partial charge on any atom is -0.493 e. The van der Waals surface area contributed by atoms with Crippen LogP contribution in [0.25, 0.3) is 10.8 Å². The van der Waals surface area contributed by atoms with Crippen LogP contribution in [0.2, 0.25) is 0 Å². The summed E-state index contributed by atoms with van der Waals surface area (Å²) in [6.45, 7) is 5.69.